The second-order valence-corrected chi connectivity index (χ2v) is 5.19. The number of benzene rings is 1. The van der Waals surface area contributed by atoms with Gasteiger partial charge in [0.1, 0.15) is 6.42 Å². The molecule has 0 saturated carbocycles. The van der Waals surface area contributed by atoms with Gasteiger partial charge in [0.2, 0.25) is 5.91 Å². The zero-order valence-electron chi connectivity index (χ0n) is 10.0. The molecule has 0 saturated heterocycles. The first-order valence-corrected chi connectivity index (χ1v) is 6.92. The second-order valence-electron chi connectivity index (χ2n) is 3.77. The maximum atomic E-state index is 12.0. The van der Waals surface area contributed by atoms with Crippen LogP contribution in [-0.4, -0.2) is 22.7 Å². The highest BCUT2D eigenvalue weighted by molar-refractivity contribution is 8.14. The van der Waals surface area contributed by atoms with Gasteiger partial charge in [-0.1, -0.05) is 29.4 Å². The smallest absolute Gasteiger partial charge is 0.257 e. The highest BCUT2D eigenvalue weighted by atomic mass is 35.5. The molecule has 0 aromatic heterocycles. The van der Waals surface area contributed by atoms with Crippen molar-refractivity contribution in [2.24, 2.45) is 4.99 Å². The van der Waals surface area contributed by atoms with E-state index >= 15 is 0 Å². The Kier molecular flexibility index (Phi) is 4.39. The Bertz CT molecular complexity index is 554. The Morgan fingerprint density at radius 1 is 1.37 bits per heavy atom. The first-order valence-electron chi connectivity index (χ1n) is 5.55. The van der Waals surface area contributed by atoms with E-state index in [1.54, 1.807) is 30.3 Å². The molecule has 6 heteroatoms. The van der Waals surface area contributed by atoms with E-state index in [-0.39, 0.29) is 12.3 Å². The summed E-state index contributed by atoms with van der Waals surface area (Å²) in [6.07, 6.45) is 1.48. The van der Waals surface area contributed by atoms with Crippen LogP contribution in [0.4, 0.5) is 5.69 Å². The van der Waals surface area contributed by atoms with Crippen LogP contribution in [0.3, 0.4) is 0 Å². The van der Waals surface area contributed by atoms with Crippen molar-refractivity contribution >= 4 is 46.0 Å². The van der Waals surface area contributed by atoms with Gasteiger partial charge in [0.15, 0.2) is 5.17 Å². The van der Waals surface area contributed by atoms with Crippen molar-refractivity contribution in [1.29, 1.82) is 0 Å². The molecule has 1 heterocycles. The summed E-state index contributed by atoms with van der Waals surface area (Å²) in [6.45, 7) is 3.61. The molecule has 2 amide bonds. The molecule has 0 fully saturated rings. The monoisotopic (exact) mass is 294 g/mol. The van der Waals surface area contributed by atoms with Gasteiger partial charge < -0.3 is 0 Å². The van der Waals surface area contributed by atoms with Crippen LogP contribution >= 0.6 is 23.4 Å². The number of carbonyl (C=O) groups is 2. The molecule has 0 N–H and O–H groups in total. The Hall–Kier alpha value is -1.59. The molecule has 0 radical (unpaired) electrons. The summed E-state index contributed by atoms with van der Waals surface area (Å²) in [7, 11) is 0. The lowest BCUT2D eigenvalue weighted by molar-refractivity contribution is -0.126. The predicted octanol–water partition coefficient (Wildman–Crippen LogP) is 2.88. The maximum Gasteiger partial charge on any atom is 0.257 e. The summed E-state index contributed by atoms with van der Waals surface area (Å²) in [4.78, 5) is 28.8. The molecule has 0 bridgehead atoms. The van der Waals surface area contributed by atoms with E-state index in [1.807, 2.05) is 0 Å². The topological polar surface area (TPSA) is 49.7 Å². The highest BCUT2D eigenvalue weighted by Gasteiger charge is 2.29. The van der Waals surface area contributed by atoms with Crippen LogP contribution < -0.4 is 4.90 Å². The summed E-state index contributed by atoms with van der Waals surface area (Å²) in [5, 5.41) is 0.963. The van der Waals surface area contributed by atoms with Crippen molar-refractivity contribution in [2.75, 3.05) is 10.7 Å². The van der Waals surface area contributed by atoms with Crippen molar-refractivity contribution in [3.8, 4) is 0 Å². The van der Waals surface area contributed by atoms with Crippen molar-refractivity contribution in [3.63, 3.8) is 0 Å². The van der Waals surface area contributed by atoms with Crippen LogP contribution in [-0.2, 0) is 9.59 Å². The average molecular weight is 295 g/mol. The van der Waals surface area contributed by atoms with Gasteiger partial charge in [-0.3, -0.25) is 14.5 Å². The molecule has 0 aliphatic carbocycles. The van der Waals surface area contributed by atoms with Crippen LogP contribution in [0.1, 0.15) is 6.42 Å². The predicted molar refractivity (Wildman–Crippen MR) is 78.7 cm³/mol. The number of hydrogen-bond donors (Lipinski definition) is 0. The summed E-state index contributed by atoms with van der Waals surface area (Å²) >= 11 is 7.12. The third kappa shape index (κ3) is 3.24. The summed E-state index contributed by atoms with van der Waals surface area (Å²) in [5.74, 6) is -0.126. The number of anilines is 1. The first-order chi connectivity index (χ1) is 9.11. The molecule has 0 spiro atoms. The van der Waals surface area contributed by atoms with E-state index in [1.165, 1.54) is 16.7 Å². The zero-order valence-corrected chi connectivity index (χ0v) is 11.6. The molecule has 2 rings (SSSR count). The standard InChI is InChI=1S/C13H11ClN2O2S/c1-2-7-19-13-15-11(17)8-12(18)16(13)10-5-3-9(14)4-6-10/h2-6H,1,7-8H2. The summed E-state index contributed by atoms with van der Waals surface area (Å²) < 4.78 is 0. The number of nitrogens with zero attached hydrogens (tertiary/aromatic N) is 2. The number of rotatable bonds is 3. The lowest BCUT2D eigenvalue weighted by Crippen LogP contribution is -2.40. The van der Waals surface area contributed by atoms with Crippen molar-refractivity contribution in [1.82, 2.24) is 0 Å². The lowest BCUT2D eigenvalue weighted by atomic mass is 10.2. The lowest BCUT2D eigenvalue weighted by Gasteiger charge is -2.26. The molecule has 0 unspecified atom stereocenters. The van der Waals surface area contributed by atoms with E-state index < -0.39 is 5.91 Å². The molecular weight excluding hydrogens is 284 g/mol. The van der Waals surface area contributed by atoms with Gasteiger partial charge in [0.05, 0.1) is 5.69 Å². The summed E-state index contributed by atoms with van der Waals surface area (Å²) in [5.41, 5.74) is 0.650. The van der Waals surface area contributed by atoms with E-state index in [9.17, 15) is 9.59 Å². The fourth-order valence-corrected chi connectivity index (χ4v) is 2.48. The number of aliphatic imine (C=N–C) groups is 1. The van der Waals surface area contributed by atoms with E-state index in [0.717, 1.165) is 0 Å². The Morgan fingerprint density at radius 2 is 2.05 bits per heavy atom. The Balaban J connectivity index is 2.35. The van der Waals surface area contributed by atoms with Gasteiger partial charge >= 0.3 is 0 Å². The van der Waals surface area contributed by atoms with Crippen molar-refractivity contribution in [3.05, 3.63) is 41.9 Å². The third-order valence-corrected chi connectivity index (χ3v) is 3.56. The molecule has 98 valence electrons. The number of carbonyl (C=O) groups excluding carboxylic acids is 2. The molecule has 19 heavy (non-hydrogen) atoms. The fourth-order valence-electron chi connectivity index (χ4n) is 1.59. The molecular formula is C13H11ClN2O2S. The van der Waals surface area contributed by atoms with Crippen molar-refractivity contribution in [2.45, 2.75) is 6.42 Å². The average Bonchev–Trinajstić information content (AvgIpc) is 2.37. The molecule has 0 atom stereocenters. The van der Waals surface area contributed by atoms with Gasteiger partial charge in [0, 0.05) is 10.8 Å². The van der Waals surface area contributed by atoms with Crippen LogP contribution in [0, 0.1) is 0 Å². The molecule has 1 aliphatic rings. The number of thioether (sulfide) groups is 1. The molecule has 1 aromatic rings. The highest BCUT2D eigenvalue weighted by Crippen LogP contribution is 2.25. The minimum atomic E-state index is -0.415. The van der Waals surface area contributed by atoms with Crippen LogP contribution in [0.2, 0.25) is 5.02 Å². The molecule has 1 aromatic carbocycles. The SMILES string of the molecule is C=CCSC1=NC(=O)CC(=O)N1c1ccc(Cl)cc1. The molecule has 4 nitrogen and oxygen atoms in total. The van der Waals surface area contributed by atoms with Crippen LogP contribution in [0.15, 0.2) is 41.9 Å². The second kappa shape index (κ2) is 6.04. The Labute approximate surface area is 120 Å². The third-order valence-electron chi connectivity index (χ3n) is 2.38. The largest absolute Gasteiger partial charge is 0.273 e. The number of amidine groups is 1. The fraction of sp³-hybridized carbons (Fsp3) is 0.154. The minimum absolute atomic E-state index is 0.208. The Morgan fingerprint density at radius 3 is 2.68 bits per heavy atom. The van der Waals surface area contributed by atoms with Crippen LogP contribution in [0.25, 0.3) is 0 Å². The van der Waals surface area contributed by atoms with Gasteiger partial charge in [-0.15, -0.1) is 6.58 Å². The summed E-state index contributed by atoms with van der Waals surface area (Å²) in [6, 6.07) is 6.83. The normalized spacial score (nSPS) is 15.4. The van der Waals surface area contributed by atoms with Gasteiger partial charge in [-0.05, 0) is 24.3 Å². The quantitative estimate of drug-likeness (QED) is 0.636. The minimum Gasteiger partial charge on any atom is -0.273 e. The first kappa shape index (κ1) is 13.8. The zero-order chi connectivity index (χ0) is 13.8. The molecule has 1 aliphatic heterocycles. The van der Waals surface area contributed by atoms with Gasteiger partial charge in [-0.2, -0.15) is 4.99 Å². The number of amides is 2. The number of hydrogen-bond acceptors (Lipinski definition) is 3. The van der Waals surface area contributed by atoms with E-state index in [2.05, 4.69) is 11.6 Å². The van der Waals surface area contributed by atoms with E-state index in [4.69, 9.17) is 11.6 Å². The van der Waals surface area contributed by atoms with Crippen LogP contribution in [0.5, 0.6) is 0 Å². The van der Waals surface area contributed by atoms with Gasteiger partial charge in [0.25, 0.3) is 5.91 Å². The maximum absolute atomic E-state index is 12.0. The number of halogens is 1. The van der Waals surface area contributed by atoms with Crippen molar-refractivity contribution < 1.29 is 9.59 Å². The van der Waals surface area contributed by atoms with E-state index in [0.29, 0.717) is 21.6 Å². The van der Waals surface area contributed by atoms with Gasteiger partial charge in [-0.25, -0.2) is 0 Å².